The van der Waals surface area contributed by atoms with E-state index in [0.29, 0.717) is 6.42 Å². The number of nitrogens with zero attached hydrogens (tertiary/aromatic N) is 1. The fourth-order valence-corrected chi connectivity index (χ4v) is 5.19. The van der Waals surface area contributed by atoms with Crippen molar-refractivity contribution in [1.82, 2.24) is 15.5 Å². The van der Waals surface area contributed by atoms with Crippen LogP contribution in [0.15, 0.2) is 0 Å². The minimum absolute atomic E-state index is 0.0966. The fraction of sp³-hybridized carbons (Fsp3) is 0.783. The van der Waals surface area contributed by atoms with Crippen molar-refractivity contribution in [2.45, 2.75) is 89.4 Å². The topological polar surface area (TPSA) is 148 Å². The van der Waals surface area contributed by atoms with E-state index in [4.69, 9.17) is 33.7 Å². The molecule has 5 atom stereocenters. The van der Waals surface area contributed by atoms with E-state index < -0.39 is 69.0 Å². The number of alkyl halides is 2. The number of Topliss-reactive ketones (excluding diaryl/α,β-unsaturated/α-hetero) is 1. The first-order valence-electron chi connectivity index (χ1n) is 11.6. The quantitative estimate of drug-likeness (QED) is 0.320. The molecule has 2 fully saturated rings. The van der Waals surface area contributed by atoms with E-state index in [9.17, 15) is 24.0 Å². The second kappa shape index (κ2) is 10.1. The second-order valence-corrected chi connectivity index (χ2v) is 12.7. The number of likely N-dealkylation sites (tertiary alicyclic amines) is 1. The predicted octanol–water partition coefficient (Wildman–Crippen LogP) is 1.90. The molecule has 0 aromatic rings. The van der Waals surface area contributed by atoms with Gasteiger partial charge in [-0.15, -0.1) is 23.2 Å². The zero-order valence-electron chi connectivity index (χ0n) is 21.2. The zero-order valence-corrected chi connectivity index (χ0v) is 22.7. The maximum atomic E-state index is 13.7. The summed E-state index contributed by atoms with van der Waals surface area (Å²) in [5, 5.41) is 5.19. The molecule has 1 heterocycles. The Balaban J connectivity index is 2.31. The highest BCUT2D eigenvalue weighted by Crippen LogP contribution is 2.65. The SMILES string of the molecule is CCCC(NC(=O)[C@@H]1C2[C@H](CN1C(=O)[C@@H](NC(=O)OC(C)(C)C)C(C)(C)C)C2(Cl)Cl)C(=O)C(N)=O. The molecule has 0 radical (unpaired) electrons. The lowest BCUT2D eigenvalue weighted by Gasteiger charge is -2.37. The van der Waals surface area contributed by atoms with Crippen LogP contribution in [0.5, 0.6) is 0 Å². The Kier molecular flexibility index (Phi) is 8.44. The molecule has 10 nitrogen and oxygen atoms in total. The highest BCUT2D eigenvalue weighted by atomic mass is 35.5. The summed E-state index contributed by atoms with van der Waals surface area (Å²) in [6.45, 7) is 12.3. The molecule has 0 aromatic carbocycles. The number of alkyl carbamates (subject to hydrolysis) is 1. The Morgan fingerprint density at radius 1 is 1.09 bits per heavy atom. The minimum Gasteiger partial charge on any atom is -0.444 e. The molecule has 198 valence electrons. The van der Waals surface area contributed by atoms with Gasteiger partial charge >= 0.3 is 6.09 Å². The third-order valence-electron chi connectivity index (χ3n) is 6.11. The van der Waals surface area contributed by atoms with Crippen molar-refractivity contribution < 1.29 is 28.7 Å². The minimum atomic E-state index is -1.21. The first kappa shape index (κ1) is 29.2. The van der Waals surface area contributed by atoms with Gasteiger partial charge in [-0.3, -0.25) is 19.2 Å². The normalized spacial score (nSPS) is 24.6. The molecule has 0 bridgehead atoms. The van der Waals surface area contributed by atoms with Crippen molar-refractivity contribution in [2.24, 2.45) is 23.0 Å². The molecule has 2 rings (SSSR count). The Labute approximate surface area is 215 Å². The van der Waals surface area contributed by atoms with Crippen LogP contribution in [-0.4, -0.2) is 69.1 Å². The van der Waals surface area contributed by atoms with E-state index in [1.807, 2.05) is 0 Å². The monoisotopic (exact) mass is 534 g/mol. The Morgan fingerprint density at radius 2 is 1.66 bits per heavy atom. The van der Waals surface area contributed by atoms with Crippen molar-refractivity contribution in [1.29, 1.82) is 0 Å². The van der Waals surface area contributed by atoms with Crippen LogP contribution < -0.4 is 16.4 Å². The molecule has 1 saturated heterocycles. The molecule has 35 heavy (non-hydrogen) atoms. The summed E-state index contributed by atoms with van der Waals surface area (Å²) in [5.41, 5.74) is 3.63. The molecule has 2 aliphatic rings. The number of ketones is 1. The maximum Gasteiger partial charge on any atom is 0.408 e. The Hall–Kier alpha value is -2.07. The van der Waals surface area contributed by atoms with Gasteiger partial charge < -0.3 is 26.0 Å². The first-order valence-corrected chi connectivity index (χ1v) is 12.4. The number of nitrogens with two attached hydrogens (primary N) is 1. The molecule has 4 N–H and O–H groups in total. The molecular weight excluding hydrogens is 499 g/mol. The van der Waals surface area contributed by atoms with Gasteiger partial charge in [-0.05, 0) is 32.6 Å². The molecule has 1 saturated carbocycles. The molecule has 0 spiro atoms. The second-order valence-electron chi connectivity index (χ2n) is 11.3. The van der Waals surface area contributed by atoms with Gasteiger partial charge in [0, 0.05) is 18.4 Å². The van der Waals surface area contributed by atoms with Crippen molar-refractivity contribution in [2.75, 3.05) is 6.54 Å². The third-order valence-corrected chi connectivity index (χ3v) is 7.18. The van der Waals surface area contributed by atoms with Crippen LogP contribution in [0.2, 0.25) is 0 Å². The van der Waals surface area contributed by atoms with Crippen LogP contribution in [-0.2, 0) is 23.9 Å². The number of halogens is 2. The smallest absolute Gasteiger partial charge is 0.408 e. The number of piperidine rings is 1. The Bertz CT molecular complexity index is 895. The summed E-state index contributed by atoms with van der Waals surface area (Å²) in [4.78, 5) is 64.5. The summed E-state index contributed by atoms with van der Waals surface area (Å²) < 4.78 is 4.11. The highest BCUT2D eigenvalue weighted by molar-refractivity contribution is 6.51. The van der Waals surface area contributed by atoms with E-state index in [-0.39, 0.29) is 18.9 Å². The van der Waals surface area contributed by atoms with Crippen LogP contribution in [0, 0.1) is 17.3 Å². The van der Waals surface area contributed by atoms with E-state index in [0.717, 1.165) is 0 Å². The standard InChI is InChI=1S/C23H36Cl2N4O6/c1-8-9-12(15(30)17(26)31)27-18(32)14-13-11(23(13,24)25)10-29(14)19(33)16(21(2,3)4)28-20(34)35-22(5,6)7/h11-14,16H,8-10H2,1-7H3,(H2,26,31)(H,27,32)(H,28,34)/t11-,12?,13?,14-,16+/m0/s1. The van der Waals surface area contributed by atoms with Gasteiger partial charge in [-0.25, -0.2) is 4.79 Å². The van der Waals surface area contributed by atoms with Crippen molar-refractivity contribution in [3.05, 3.63) is 0 Å². The number of hydrogen-bond acceptors (Lipinski definition) is 6. The van der Waals surface area contributed by atoms with Crippen LogP contribution in [0.1, 0.15) is 61.3 Å². The lowest BCUT2D eigenvalue weighted by atomic mass is 9.85. The number of nitrogens with one attached hydrogen (secondary N) is 2. The van der Waals surface area contributed by atoms with Gasteiger partial charge in [0.25, 0.3) is 5.91 Å². The van der Waals surface area contributed by atoms with Crippen molar-refractivity contribution >= 4 is 52.8 Å². The van der Waals surface area contributed by atoms with E-state index in [1.165, 1.54) is 4.90 Å². The largest absolute Gasteiger partial charge is 0.444 e. The number of hydrogen-bond donors (Lipinski definition) is 3. The number of primary amides is 1. The molecule has 4 amide bonds. The van der Waals surface area contributed by atoms with Gasteiger partial charge in [0.2, 0.25) is 17.6 Å². The maximum absolute atomic E-state index is 13.7. The number of ether oxygens (including phenoxy) is 1. The average molecular weight is 535 g/mol. The number of carbonyl (C=O) groups excluding carboxylic acids is 5. The van der Waals surface area contributed by atoms with Gasteiger partial charge in [0.1, 0.15) is 22.0 Å². The molecular formula is C23H36Cl2N4O6. The van der Waals surface area contributed by atoms with Gasteiger partial charge in [0.05, 0.1) is 6.04 Å². The summed E-state index contributed by atoms with van der Waals surface area (Å²) in [6, 6.07) is -3.24. The van der Waals surface area contributed by atoms with Crippen molar-refractivity contribution in [3.8, 4) is 0 Å². The number of carbonyl (C=O) groups is 5. The first-order chi connectivity index (χ1) is 15.8. The van der Waals surface area contributed by atoms with Crippen LogP contribution in [0.25, 0.3) is 0 Å². The lowest BCUT2D eigenvalue weighted by Crippen LogP contribution is -2.60. The van der Waals surface area contributed by atoms with E-state index >= 15 is 0 Å². The highest BCUT2D eigenvalue weighted by Gasteiger charge is 2.74. The van der Waals surface area contributed by atoms with Crippen LogP contribution >= 0.6 is 23.2 Å². The van der Waals surface area contributed by atoms with Crippen molar-refractivity contribution in [3.63, 3.8) is 0 Å². The Morgan fingerprint density at radius 3 is 2.11 bits per heavy atom. The fourth-order valence-electron chi connectivity index (χ4n) is 4.36. The summed E-state index contributed by atoms with van der Waals surface area (Å²) in [6.07, 6.45) is -0.0697. The number of fused-ring (bicyclic) bond motifs is 1. The number of rotatable bonds is 8. The average Bonchev–Trinajstić information content (AvgIpc) is 3.03. The molecule has 0 aromatic heterocycles. The van der Waals surface area contributed by atoms with Crippen LogP contribution in [0.4, 0.5) is 4.79 Å². The summed E-state index contributed by atoms with van der Waals surface area (Å²) in [5.74, 6) is -4.18. The predicted molar refractivity (Wildman–Crippen MR) is 131 cm³/mol. The summed E-state index contributed by atoms with van der Waals surface area (Å²) in [7, 11) is 0. The third kappa shape index (κ3) is 6.58. The molecule has 1 aliphatic carbocycles. The summed E-state index contributed by atoms with van der Waals surface area (Å²) >= 11 is 12.7. The molecule has 12 heteroatoms. The lowest BCUT2D eigenvalue weighted by molar-refractivity contribution is -0.144. The molecule has 1 aliphatic heterocycles. The molecule has 2 unspecified atom stereocenters. The van der Waals surface area contributed by atoms with Gasteiger partial charge in [-0.2, -0.15) is 0 Å². The van der Waals surface area contributed by atoms with E-state index in [1.54, 1.807) is 48.5 Å². The number of amides is 4. The zero-order chi connectivity index (χ0) is 27.1. The van der Waals surface area contributed by atoms with Gasteiger partial charge in [0.15, 0.2) is 0 Å². The van der Waals surface area contributed by atoms with Crippen LogP contribution in [0.3, 0.4) is 0 Å². The van der Waals surface area contributed by atoms with E-state index in [2.05, 4.69) is 10.6 Å². The van der Waals surface area contributed by atoms with Gasteiger partial charge in [-0.1, -0.05) is 34.1 Å².